The number of hydrogen-bond donors (Lipinski definition) is 2. The lowest BCUT2D eigenvalue weighted by Crippen LogP contribution is -2.41. The minimum absolute atomic E-state index is 0.130. The zero-order chi connectivity index (χ0) is 22.7. The van der Waals surface area contributed by atoms with Crippen molar-refractivity contribution in [2.45, 2.75) is 26.3 Å². The third kappa shape index (κ3) is 4.16. The van der Waals surface area contributed by atoms with Gasteiger partial charge in [-0.25, -0.2) is 4.98 Å². The van der Waals surface area contributed by atoms with Gasteiger partial charge in [0.2, 0.25) is 5.91 Å². The molecule has 0 spiro atoms. The summed E-state index contributed by atoms with van der Waals surface area (Å²) in [6.07, 6.45) is 1.64. The zero-order valence-electron chi connectivity index (χ0n) is 17.7. The van der Waals surface area contributed by atoms with Gasteiger partial charge in [-0.1, -0.05) is 37.6 Å². The molecular formula is C24H23ClN4O3. The zero-order valence-corrected chi connectivity index (χ0v) is 18.4. The lowest BCUT2D eigenvalue weighted by atomic mass is 9.96. The van der Waals surface area contributed by atoms with E-state index >= 15 is 0 Å². The summed E-state index contributed by atoms with van der Waals surface area (Å²) in [5.74, 6) is -0.473. The molecule has 0 radical (unpaired) electrons. The molecule has 2 aromatic carbocycles. The van der Waals surface area contributed by atoms with Crippen molar-refractivity contribution in [3.05, 3.63) is 65.2 Å². The highest BCUT2D eigenvalue weighted by Gasteiger charge is 2.33. The van der Waals surface area contributed by atoms with Crippen LogP contribution in [0.25, 0.3) is 10.9 Å². The van der Waals surface area contributed by atoms with Crippen LogP contribution in [0.3, 0.4) is 0 Å². The van der Waals surface area contributed by atoms with Crippen LogP contribution < -0.4 is 10.6 Å². The molecule has 1 aliphatic heterocycles. The summed E-state index contributed by atoms with van der Waals surface area (Å²) in [6.45, 7) is 2.79. The summed E-state index contributed by atoms with van der Waals surface area (Å²) >= 11 is 5.60. The van der Waals surface area contributed by atoms with Crippen LogP contribution in [0.5, 0.6) is 0 Å². The number of alkyl halides is 1. The number of pyridine rings is 1. The van der Waals surface area contributed by atoms with Gasteiger partial charge >= 0.3 is 0 Å². The van der Waals surface area contributed by atoms with Crippen LogP contribution in [0.2, 0.25) is 0 Å². The van der Waals surface area contributed by atoms with Gasteiger partial charge in [0.05, 0.1) is 16.6 Å². The molecule has 0 saturated heterocycles. The maximum Gasteiger partial charge on any atom is 0.261 e. The van der Waals surface area contributed by atoms with E-state index in [4.69, 9.17) is 11.6 Å². The molecule has 4 rings (SSSR count). The Balaban J connectivity index is 1.66. The Hall–Kier alpha value is -3.45. The second-order valence-electron chi connectivity index (χ2n) is 7.56. The first-order chi connectivity index (χ1) is 15.5. The number of hydrogen-bond acceptors (Lipinski definition) is 5. The van der Waals surface area contributed by atoms with E-state index in [1.54, 1.807) is 30.3 Å². The number of rotatable bonds is 8. The molecule has 164 valence electrons. The quantitative estimate of drug-likeness (QED) is 0.391. The molecule has 2 heterocycles. The second kappa shape index (κ2) is 9.36. The monoisotopic (exact) mass is 450 g/mol. The molecule has 0 atom stereocenters. The van der Waals surface area contributed by atoms with E-state index in [2.05, 4.69) is 15.6 Å². The number of carbonyl (C=O) groups excluding carboxylic acids is 3. The highest BCUT2D eigenvalue weighted by Crippen LogP contribution is 2.31. The molecule has 7 nitrogen and oxygen atoms in total. The number of nitrogens with zero attached hydrogens (tertiary/aromatic N) is 2. The summed E-state index contributed by atoms with van der Waals surface area (Å²) in [5, 5.41) is 6.61. The predicted octanol–water partition coefficient (Wildman–Crippen LogP) is 4.42. The molecule has 0 unspecified atom stereocenters. The van der Waals surface area contributed by atoms with Gasteiger partial charge in [0.15, 0.2) is 0 Å². The van der Waals surface area contributed by atoms with E-state index in [1.807, 2.05) is 25.1 Å². The van der Waals surface area contributed by atoms with Crippen LogP contribution in [0.15, 0.2) is 48.5 Å². The van der Waals surface area contributed by atoms with Gasteiger partial charge in [-0.2, -0.15) is 0 Å². The first-order valence-electron chi connectivity index (χ1n) is 10.5. The predicted molar refractivity (Wildman–Crippen MR) is 125 cm³/mol. The number of aromatic nitrogens is 1. The molecule has 3 amide bonds. The van der Waals surface area contributed by atoms with Crippen molar-refractivity contribution in [2.24, 2.45) is 0 Å². The number of halogens is 1. The minimum Gasteiger partial charge on any atom is -0.366 e. The Kier molecular flexibility index (Phi) is 6.37. The Morgan fingerprint density at radius 2 is 1.84 bits per heavy atom. The summed E-state index contributed by atoms with van der Waals surface area (Å²) in [5.41, 5.74) is 3.06. The molecule has 0 saturated carbocycles. The number of benzene rings is 2. The molecule has 8 heteroatoms. The summed E-state index contributed by atoms with van der Waals surface area (Å²) in [4.78, 5) is 43.7. The van der Waals surface area contributed by atoms with Crippen molar-refractivity contribution in [3.63, 3.8) is 0 Å². The van der Waals surface area contributed by atoms with Gasteiger partial charge in [-0.05, 0) is 36.2 Å². The highest BCUT2D eigenvalue weighted by molar-refractivity contribution is 6.29. The Morgan fingerprint density at radius 3 is 2.62 bits per heavy atom. The maximum atomic E-state index is 13.1. The van der Waals surface area contributed by atoms with Crippen molar-refractivity contribution in [3.8, 4) is 0 Å². The van der Waals surface area contributed by atoms with Gasteiger partial charge < -0.3 is 10.6 Å². The van der Waals surface area contributed by atoms with E-state index in [-0.39, 0.29) is 23.6 Å². The first kappa shape index (κ1) is 21.8. The topological polar surface area (TPSA) is 91.4 Å². The largest absolute Gasteiger partial charge is 0.366 e. The van der Waals surface area contributed by atoms with Gasteiger partial charge in [-0.3, -0.25) is 19.3 Å². The van der Waals surface area contributed by atoms with Gasteiger partial charge in [0, 0.05) is 24.2 Å². The Labute approximate surface area is 190 Å². The normalized spacial score (nSPS) is 12.9. The molecular weight excluding hydrogens is 428 g/mol. The number of anilines is 2. The van der Waals surface area contributed by atoms with E-state index in [0.29, 0.717) is 46.6 Å². The van der Waals surface area contributed by atoms with Crippen LogP contribution in [0.4, 0.5) is 11.5 Å². The average Bonchev–Trinajstić information content (AvgIpc) is 2.81. The van der Waals surface area contributed by atoms with Crippen LogP contribution >= 0.6 is 11.6 Å². The van der Waals surface area contributed by atoms with Gasteiger partial charge in [0.1, 0.15) is 11.7 Å². The third-order valence-electron chi connectivity index (χ3n) is 5.39. The van der Waals surface area contributed by atoms with Crippen molar-refractivity contribution < 1.29 is 14.4 Å². The molecule has 0 bridgehead atoms. The first-order valence-corrected chi connectivity index (χ1v) is 11.0. The molecule has 1 aliphatic rings. The SMILES string of the molecule is CCCCN1C(=O)c2cccc3nc(NCc4ccccc4NC(=O)CCl)cc(c23)C1=O. The summed E-state index contributed by atoms with van der Waals surface area (Å²) < 4.78 is 0. The second-order valence-corrected chi connectivity index (χ2v) is 7.83. The van der Waals surface area contributed by atoms with Crippen LogP contribution in [-0.2, 0) is 11.3 Å². The molecule has 0 fully saturated rings. The van der Waals surface area contributed by atoms with Crippen molar-refractivity contribution in [1.82, 2.24) is 9.88 Å². The molecule has 32 heavy (non-hydrogen) atoms. The number of carbonyl (C=O) groups is 3. The lowest BCUT2D eigenvalue weighted by Gasteiger charge is -2.27. The van der Waals surface area contributed by atoms with Crippen LogP contribution in [0, 0.1) is 0 Å². The van der Waals surface area contributed by atoms with Crippen molar-refractivity contribution >= 4 is 51.7 Å². The molecule has 0 aliphatic carbocycles. The fourth-order valence-corrected chi connectivity index (χ4v) is 3.86. The van der Waals surface area contributed by atoms with E-state index in [1.165, 1.54) is 4.90 Å². The van der Waals surface area contributed by atoms with Gasteiger partial charge in [-0.15, -0.1) is 11.6 Å². The third-order valence-corrected chi connectivity index (χ3v) is 5.64. The van der Waals surface area contributed by atoms with E-state index in [0.717, 1.165) is 18.4 Å². The average molecular weight is 451 g/mol. The molecule has 2 N–H and O–H groups in total. The molecule has 3 aromatic rings. The highest BCUT2D eigenvalue weighted by atomic mass is 35.5. The van der Waals surface area contributed by atoms with Gasteiger partial charge in [0.25, 0.3) is 11.8 Å². The number of unbranched alkanes of at least 4 members (excludes halogenated alkanes) is 1. The van der Waals surface area contributed by atoms with Crippen molar-refractivity contribution in [1.29, 1.82) is 0 Å². The van der Waals surface area contributed by atoms with E-state index in [9.17, 15) is 14.4 Å². The number of nitrogens with one attached hydrogen (secondary N) is 2. The van der Waals surface area contributed by atoms with Crippen molar-refractivity contribution in [2.75, 3.05) is 23.1 Å². The lowest BCUT2D eigenvalue weighted by molar-refractivity contribution is -0.113. The summed E-state index contributed by atoms with van der Waals surface area (Å²) in [7, 11) is 0. The number of imide groups is 1. The Bertz CT molecular complexity index is 1210. The fourth-order valence-electron chi connectivity index (χ4n) is 3.79. The van der Waals surface area contributed by atoms with Crippen LogP contribution in [-0.4, -0.2) is 40.0 Å². The Morgan fingerprint density at radius 1 is 1.06 bits per heavy atom. The summed E-state index contributed by atoms with van der Waals surface area (Å²) in [6, 6.07) is 14.4. The fraction of sp³-hybridized carbons (Fsp3) is 0.250. The minimum atomic E-state index is -0.299. The standard InChI is InChI=1S/C24H23ClN4O3/c1-2-3-11-29-23(31)16-8-6-10-19-22(16)17(24(29)32)12-20(27-19)26-14-15-7-4-5-9-18(15)28-21(30)13-25/h4-10,12H,2-3,11,13-14H2,1H3,(H,26,27)(H,28,30). The smallest absolute Gasteiger partial charge is 0.261 e. The van der Waals surface area contributed by atoms with E-state index < -0.39 is 0 Å². The van der Waals surface area contributed by atoms with Crippen LogP contribution in [0.1, 0.15) is 46.0 Å². The number of amides is 3. The molecule has 1 aromatic heterocycles. The maximum absolute atomic E-state index is 13.1. The number of para-hydroxylation sites is 1.